The van der Waals surface area contributed by atoms with Crippen LogP contribution in [0.2, 0.25) is 0 Å². The molecule has 3 heteroatoms. The van der Waals surface area contributed by atoms with Crippen molar-refractivity contribution in [3.05, 3.63) is 28.2 Å². The van der Waals surface area contributed by atoms with Crippen LogP contribution in [0.4, 0.5) is 5.69 Å². The molecule has 1 aromatic carbocycles. The lowest BCUT2D eigenvalue weighted by molar-refractivity contribution is 0.313. The first-order valence-corrected chi connectivity index (χ1v) is 6.15. The van der Waals surface area contributed by atoms with E-state index < -0.39 is 0 Å². The van der Waals surface area contributed by atoms with Crippen LogP contribution in [0.3, 0.4) is 0 Å². The maximum absolute atomic E-state index is 3.55. The molecule has 0 unspecified atom stereocenters. The van der Waals surface area contributed by atoms with Gasteiger partial charge in [0.15, 0.2) is 0 Å². The third kappa shape index (κ3) is 2.73. The van der Waals surface area contributed by atoms with Crippen LogP contribution in [-0.4, -0.2) is 38.1 Å². The summed E-state index contributed by atoms with van der Waals surface area (Å²) in [7, 11) is 2.18. The minimum atomic E-state index is 1.13. The SMILES string of the molecule is Cc1cc(Br)cc(N2CCN(C)CC2)c1. The number of likely N-dealkylation sites (N-methyl/N-ethyl adjacent to an activating group) is 1. The molecule has 0 aromatic heterocycles. The molecule has 15 heavy (non-hydrogen) atoms. The van der Waals surface area contributed by atoms with E-state index in [0.29, 0.717) is 0 Å². The first-order chi connectivity index (χ1) is 7.15. The molecule has 0 N–H and O–H groups in total. The highest BCUT2D eigenvalue weighted by molar-refractivity contribution is 9.10. The number of anilines is 1. The van der Waals surface area contributed by atoms with Crippen molar-refractivity contribution >= 4 is 21.6 Å². The van der Waals surface area contributed by atoms with Gasteiger partial charge in [-0.3, -0.25) is 0 Å². The van der Waals surface area contributed by atoms with Gasteiger partial charge in [-0.25, -0.2) is 0 Å². The van der Waals surface area contributed by atoms with Crippen molar-refractivity contribution < 1.29 is 0 Å². The predicted molar refractivity (Wildman–Crippen MR) is 68.6 cm³/mol. The molecular formula is C12H17BrN2. The van der Waals surface area contributed by atoms with Gasteiger partial charge in [0.2, 0.25) is 0 Å². The van der Waals surface area contributed by atoms with E-state index in [0.717, 1.165) is 26.2 Å². The number of rotatable bonds is 1. The normalized spacial score (nSPS) is 18.2. The zero-order valence-electron chi connectivity index (χ0n) is 9.33. The predicted octanol–water partition coefficient (Wildman–Crippen LogP) is 2.51. The Morgan fingerprint density at radius 3 is 2.33 bits per heavy atom. The summed E-state index contributed by atoms with van der Waals surface area (Å²) in [6.45, 7) is 6.72. The Labute approximate surface area is 100 Å². The van der Waals surface area contributed by atoms with E-state index >= 15 is 0 Å². The molecule has 2 rings (SSSR count). The Balaban J connectivity index is 2.15. The number of nitrogens with zero attached hydrogens (tertiary/aromatic N) is 2. The average Bonchev–Trinajstić information content (AvgIpc) is 2.17. The number of piperazine rings is 1. The first kappa shape index (κ1) is 11.0. The highest BCUT2D eigenvalue weighted by Gasteiger charge is 2.14. The minimum Gasteiger partial charge on any atom is -0.369 e. The van der Waals surface area contributed by atoms with Gasteiger partial charge in [-0.1, -0.05) is 15.9 Å². The lowest BCUT2D eigenvalue weighted by Crippen LogP contribution is -2.44. The monoisotopic (exact) mass is 268 g/mol. The number of hydrogen-bond acceptors (Lipinski definition) is 2. The number of aryl methyl sites for hydroxylation is 1. The highest BCUT2D eigenvalue weighted by atomic mass is 79.9. The summed E-state index contributed by atoms with van der Waals surface area (Å²) in [5, 5.41) is 0. The fourth-order valence-corrected chi connectivity index (χ4v) is 2.56. The summed E-state index contributed by atoms with van der Waals surface area (Å²) in [5.74, 6) is 0. The van der Waals surface area contributed by atoms with Crippen LogP contribution in [0.25, 0.3) is 0 Å². The Morgan fingerprint density at radius 2 is 1.73 bits per heavy atom. The van der Waals surface area contributed by atoms with E-state index in [2.05, 4.69) is 57.9 Å². The Bertz CT molecular complexity index is 323. The van der Waals surface area contributed by atoms with Crippen molar-refractivity contribution in [2.24, 2.45) is 0 Å². The van der Waals surface area contributed by atoms with Gasteiger partial charge < -0.3 is 9.80 Å². The van der Waals surface area contributed by atoms with E-state index in [1.165, 1.54) is 15.7 Å². The molecule has 2 nitrogen and oxygen atoms in total. The summed E-state index contributed by atoms with van der Waals surface area (Å²) in [4.78, 5) is 4.83. The van der Waals surface area contributed by atoms with Crippen molar-refractivity contribution in [3.8, 4) is 0 Å². The third-order valence-electron chi connectivity index (χ3n) is 2.90. The molecule has 0 aliphatic carbocycles. The van der Waals surface area contributed by atoms with Gasteiger partial charge in [0.1, 0.15) is 0 Å². The van der Waals surface area contributed by atoms with Crippen LogP contribution >= 0.6 is 15.9 Å². The molecule has 0 spiro atoms. The van der Waals surface area contributed by atoms with Crippen LogP contribution in [0, 0.1) is 6.92 Å². The molecule has 0 amide bonds. The second-order valence-corrected chi connectivity index (χ2v) is 5.19. The van der Waals surface area contributed by atoms with Crippen LogP contribution in [0.5, 0.6) is 0 Å². The molecule has 1 heterocycles. The summed E-state index contributed by atoms with van der Waals surface area (Å²) in [6.07, 6.45) is 0. The average molecular weight is 269 g/mol. The van der Waals surface area contributed by atoms with Crippen molar-refractivity contribution in [2.45, 2.75) is 6.92 Å². The maximum Gasteiger partial charge on any atom is 0.0381 e. The van der Waals surface area contributed by atoms with Crippen molar-refractivity contribution in [2.75, 3.05) is 38.1 Å². The van der Waals surface area contributed by atoms with Crippen LogP contribution in [-0.2, 0) is 0 Å². The van der Waals surface area contributed by atoms with Gasteiger partial charge in [0.05, 0.1) is 0 Å². The van der Waals surface area contributed by atoms with Gasteiger partial charge >= 0.3 is 0 Å². The zero-order chi connectivity index (χ0) is 10.8. The molecule has 0 bridgehead atoms. The summed E-state index contributed by atoms with van der Waals surface area (Å²) in [6, 6.07) is 6.62. The lowest BCUT2D eigenvalue weighted by Gasteiger charge is -2.34. The number of halogens is 1. The highest BCUT2D eigenvalue weighted by Crippen LogP contribution is 2.23. The molecule has 1 fully saturated rings. The molecule has 0 atom stereocenters. The van der Waals surface area contributed by atoms with Gasteiger partial charge in [0, 0.05) is 36.3 Å². The standard InChI is InChI=1S/C12H17BrN2/c1-10-7-11(13)9-12(8-10)15-5-3-14(2)4-6-15/h7-9H,3-6H2,1-2H3. The smallest absolute Gasteiger partial charge is 0.0381 e. The molecule has 82 valence electrons. The van der Waals surface area contributed by atoms with Crippen molar-refractivity contribution in [1.82, 2.24) is 4.90 Å². The number of benzene rings is 1. The fraction of sp³-hybridized carbons (Fsp3) is 0.500. The zero-order valence-corrected chi connectivity index (χ0v) is 10.9. The van der Waals surface area contributed by atoms with E-state index in [-0.39, 0.29) is 0 Å². The van der Waals surface area contributed by atoms with Crippen LogP contribution in [0.1, 0.15) is 5.56 Å². The topological polar surface area (TPSA) is 6.48 Å². The Kier molecular flexibility index (Phi) is 3.32. The first-order valence-electron chi connectivity index (χ1n) is 5.36. The quantitative estimate of drug-likeness (QED) is 0.773. The minimum absolute atomic E-state index is 1.13. The molecule has 1 saturated heterocycles. The second-order valence-electron chi connectivity index (χ2n) is 4.28. The Hall–Kier alpha value is -0.540. The second kappa shape index (κ2) is 4.54. The fourth-order valence-electron chi connectivity index (χ4n) is 1.96. The number of hydrogen-bond donors (Lipinski definition) is 0. The van der Waals surface area contributed by atoms with Gasteiger partial charge in [-0.2, -0.15) is 0 Å². The molecule has 0 saturated carbocycles. The van der Waals surface area contributed by atoms with E-state index in [4.69, 9.17) is 0 Å². The third-order valence-corrected chi connectivity index (χ3v) is 3.35. The molecule has 0 radical (unpaired) electrons. The van der Waals surface area contributed by atoms with Gasteiger partial charge in [-0.05, 0) is 37.7 Å². The summed E-state index contributed by atoms with van der Waals surface area (Å²) >= 11 is 3.55. The maximum atomic E-state index is 3.55. The Morgan fingerprint density at radius 1 is 1.07 bits per heavy atom. The molecule has 1 aliphatic rings. The lowest BCUT2D eigenvalue weighted by atomic mass is 10.2. The molecular weight excluding hydrogens is 252 g/mol. The van der Waals surface area contributed by atoms with Crippen molar-refractivity contribution in [1.29, 1.82) is 0 Å². The molecule has 1 aliphatic heterocycles. The van der Waals surface area contributed by atoms with E-state index in [1.807, 2.05) is 0 Å². The van der Waals surface area contributed by atoms with Crippen LogP contribution < -0.4 is 4.90 Å². The van der Waals surface area contributed by atoms with Gasteiger partial charge in [-0.15, -0.1) is 0 Å². The molecule has 1 aromatic rings. The van der Waals surface area contributed by atoms with Gasteiger partial charge in [0.25, 0.3) is 0 Å². The summed E-state index contributed by atoms with van der Waals surface area (Å²) < 4.78 is 1.18. The van der Waals surface area contributed by atoms with E-state index in [1.54, 1.807) is 0 Å². The summed E-state index contributed by atoms with van der Waals surface area (Å²) in [5.41, 5.74) is 2.66. The van der Waals surface area contributed by atoms with Crippen LogP contribution in [0.15, 0.2) is 22.7 Å². The van der Waals surface area contributed by atoms with Crippen molar-refractivity contribution in [3.63, 3.8) is 0 Å². The van der Waals surface area contributed by atoms with E-state index in [9.17, 15) is 0 Å². The largest absolute Gasteiger partial charge is 0.369 e.